The fourth-order valence-electron chi connectivity index (χ4n) is 6.68. The van der Waals surface area contributed by atoms with Crippen LogP contribution in [0, 0.1) is 0 Å². The van der Waals surface area contributed by atoms with Crippen molar-refractivity contribution in [1.82, 2.24) is 29.9 Å². The van der Waals surface area contributed by atoms with E-state index in [0.29, 0.717) is 41.7 Å². The minimum absolute atomic E-state index is 0.0351. The van der Waals surface area contributed by atoms with Gasteiger partial charge < -0.3 is 46.6 Å². The molecule has 2 heterocycles. The fraction of sp³-hybridized carbons (Fsp3) is 0.182. The average molecular weight is 1290 g/mol. The van der Waals surface area contributed by atoms with Crippen LogP contribution in [0.15, 0.2) is 128 Å². The van der Waals surface area contributed by atoms with Gasteiger partial charge in [-0.05, 0) is 85.6 Å². The molecule has 4 aromatic carbocycles. The highest BCUT2D eigenvalue weighted by molar-refractivity contribution is 7.95. The van der Waals surface area contributed by atoms with Gasteiger partial charge in [0.2, 0.25) is 35.7 Å². The second kappa shape index (κ2) is 33.0. The van der Waals surface area contributed by atoms with Gasteiger partial charge in [-0.15, -0.1) is 13.0 Å². The SMILES string of the molecule is C=CN(C=C)c1nc(Nc2ccc(/C=C/c3ccc(Nc4nc(Nc5cc(S(=O)(=O)O)ccc5SOOO)nc(N(CC(C)O)CC(C)O)n4)cc3S(=O)(=O)O)c(SOOO)c2)nc(Nc2cc(SOOO)ccc2S(=O)(=O)O)n1.CO.CO. The highest BCUT2D eigenvalue weighted by atomic mass is 32.2. The van der Waals surface area contributed by atoms with E-state index in [2.05, 4.69) is 88.1 Å². The van der Waals surface area contributed by atoms with Crippen molar-refractivity contribution >= 4 is 137 Å². The summed E-state index contributed by atoms with van der Waals surface area (Å²) in [5.74, 6) is -1.38. The Balaban J connectivity index is 0.00000370. The van der Waals surface area contributed by atoms with Crippen LogP contribution in [0.25, 0.3) is 12.2 Å². The van der Waals surface area contributed by atoms with Gasteiger partial charge in [0, 0.05) is 60.9 Å². The number of benzene rings is 4. The van der Waals surface area contributed by atoms with E-state index in [-0.39, 0.29) is 91.8 Å². The van der Waals surface area contributed by atoms with E-state index in [1.165, 1.54) is 96.7 Å². The van der Waals surface area contributed by atoms with Crippen LogP contribution in [0.2, 0.25) is 0 Å². The minimum atomic E-state index is -5.03. The zero-order chi connectivity index (χ0) is 62.4. The van der Waals surface area contributed by atoms with Crippen LogP contribution in [0.5, 0.6) is 0 Å². The van der Waals surface area contributed by atoms with Crippen LogP contribution in [-0.2, 0) is 58.5 Å². The monoisotopic (exact) mass is 1290 g/mol. The molecule has 14 N–H and O–H groups in total. The van der Waals surface area contributed by atoms with Gasteiger partial charge in [0.15, 0.2) is 0 Å². The van der Waals surface area contributed by atoms with Gasteiger partial charge in [0.25, 0.3) is 30.4 Å². The van der Waals surface area contributed by atoms with E-state index in [1.807, 2.05) is 0 Å². The summed E-state index contributed by atoms with van der Waals surface area (Å²) in [5, 5.41) is 83.4. The number of hydrogen-bond acceptors (Lipinski definition) is 34. The molecule has 0 aliphatic carbocycles. The van der Waals surface area contributed by atoms with E-state index in [1.54, 1.807) is 0 Å². The van der Waals surface area contributed by atoms with Gasteiger partial charge >= 0.3 is 0 Å². The number of nitrogens with one attached hydrogen (secondary N) is 4. The molecule has 2 aromatic heterocycles. The maximum Gasteiger partial charge on any atom is 0.296 e. The molecule has 2 unspecified atom stereocenters. The normalized spacial score (nSPS) is 12.2. The lowest BCUT2D eigenvalue weighted by atomic mass is 10.1. The molecule has 0 radical (unpaired) electrons. The van der Waals surface area contributed by atoms with Crippen molar-refractivity contribution in [3.63, 3.8) is 0 Å². The fourth-order valence-corrected chi connectivity index (χ4v) is 9.86. The van der Waals surface area contributed by atoms with Crippen LogP contribution in [0.1, 0.15) is 25.0 Å². The maximum absolute atomic E-state index is 13.0. The van der Waals surface area contributed by atoms with E-state index in [4.69, 9.17) is 30.3 Å². The summed E-state index contributed by atoms with van der Waals surface area (Å²) in [4.78, 5) is 27.4. The summed E-state index contributed by atoms with van der Waals surface area (Å²) in [7, 11) is -12.6. The van der Waals surface area contributed by atoms with Gasteiger partial charge in [-0.3, -0.25) is 18.6 Å². The molecule has 0 amide bonds. The van der Waals surface area contributed by atoms with Crippen molar-refractivity contribution in [3.8, 4) is 0 Å². The molecule has 0 aliphatic rings. The Labute approximate surface area is 491 Å². The molecule has 84 heavy (non-hydrogen) atoms. The second-order valence-corrected chi connectivity index (χ2v) is 22.2. The summed E-state index contributed by atoms with van der Waals surface area (Å²) in [6.45, 7) is 10.0. The molecule has 0 fully saturated rings. The van der Waals surface area contributed by atoms with Gasteiger partial charge in [0.1, 0.15) is 9.79 Å². The predicted molar refractivity (Wildman–Crippen MR) is 304 cm³/mol. The molecular weight excluding hydrogens is 1240 g/mol. The molecule has 0 saturated heterocycles. The Morgan fingerprint density at radius 1 is 0.536 bits per heavy atom. The van der Waals surface area contributed by atoms with E-state index in [9.17, 15) is 49.1 Å². The summed E-state index contributed by atoms with van der Waals surface area (Å²) in [6, 6.07) is 14.8. The van der Waals surface area contributed by atoms with E-state index >= 15 is 0 Å². The highest BCUT2D eigenvalue weighted by Crippen LogP contribution is 2.36. The molecule has 6 rings (SSSR count). The van der Waals surface area contributed by atoms with Crippen LogP contribution < -0.4 is 31.1 Å². The first-order chi connectivity index (χ1) is 39.9. The Kier molecular flexibility index (Phi) is 27.4. The highest BCUT2D eigenvalue weighted by Gasteiger charge is 2.23. The lowest BCUT2D eigenvalue weighted by Crippen LogP contribution is -2.37. The first kappa shape index (κ1) is 69.7. The molecule has 0 bridgehead atoms. The zero-order valence-corrected chi connectivity index (χ0v) is 48.5. The van der Waals surface area contributed by atoms with Crippen LogP contribution in [0.4, 0.5) is 58.4 Å². The third-order valence-electron chi connectivity index (χ3n) is 9.82. The Bertz CT molecular complexity index is 3560. The largest absolute Gasteiger partial charge is 0.400 e. The Morgan fingerprint density at radius 2 is 1.01 bits per heavy atom. The molecule has 40 heteroatoms. The topological polar surface area (TPSA) is 492 Å². The molecule has 456 valence electrons. The Morgan fingerprint density at radius 3 is 1.52 bits per heavy atom. The van der Waals surface area contributed by atoms with Crippen molar-refractivity contribution in [3.05, 3.63) is 109 Å². The zero-order valence-electron chi connectivity index (χ0n) is 43.6. The van der Waals surface area contributed by atoms with Crippen molar-refractivity contribution in [2.45, 2.75) is 55.4 Å². The molecule has 6 aromatic rings. The molecule has 0 spiro atoms. The second-order valence-electron chi connectivity index (χ2n) is 15.7. The molecule has 2 atom stereocenters. The minimum Gasteiger partial charge on any atom is -0.400 e. The van der Waals surface area contributed by atoms with Crippen molar-refractivity contribution in [2.75, 3.05) is 58.4 Å². The number of aromatic nitrogens is 6. The van der Waals surface area contributed by atoms with Gasteiger partial charge in [-0.2, -0.15) is 55.2 Å². The van der Waals surface area contributed by atoms with Crippen molar-refractivity contribution < 1.29 is 103 Å². The first-order valence-corrected chi connectivity index (χ1v) is 29.2. The quantitative estimate of drug-likeness (QED) is 0.00795. The summed E-state index contributed by atoms with van der Waals surface area (Å²) < 4.78 is 119. The number of aliphatic hydroxyl groups is 4. The third kappa shape index (κ3) is 21.1. The molecular formula is C44H52N12O22S6. The van der Waals surface area contributed by atoms with Crippen LogP contribution in [-0.4, -0.2) is 145 Å². The van der Waals surface area contributed by atoms with Gasteiger partial charge in [0.05, 0.1) is 69.5 Å². The number of anilines is 10. The smallest absolute Gasteiger partial charge is 0.296 e. The summed E-state index contributed by atoms with van der Waals surface area (Å²) in [5.41, 5.74) is 0.0507. The maximum atomic E-state index is 13.0. The van der Waals surface area contributed by atoms with Crippen LogP contribution in [0.3, 0.4) is 0 Å². The standard InChI is InChI=1S/C42H44N12O20S6.2CH4O/c1-5-53(6-2)41-49-37(48-40(51-41)46-32-19-29(75-72-69-57)13-16-35(32)79(63,64)65)43-27-11-9-25(34(17-27)77-74-71-59)7-8-26-10-12-28(18-36(26)80(66,67)68)44-38-47-39(52-42(50-38)54(21-23(3)55)22-24(4)56)45-31-20-30(78(60,61)62)14-15-33(31)76-73-70-58;2*1-2/h5-20,23-24,55-59H,1-2,21-22H2,3-4H3,(H,60,61,62)(H,63,64,65)(H,66,67,68)(H2,43,46,48,49,51)(H2,44,45,47,50,52);2*2H,1H3/b8-7+;;. The molecule has 0 aliphatic heterocycles. The lowest BCUT2D eigenvalue weighted by Gasteiger charge is -2.26. The third-order valence-corrected chi connectivity index (χ3v) is 14.4. The number of aliphatic hydroxyl groups excluding tert-OH is 4. The average Bonchev–Trinajstić information content (AvgIpc) is 2.30. The van der Waals surface area contributed by atoms with Gasteiger partial charge in [-0.1, -0.05) is 52.6 Å². The number of rotatable bonds is 30. The number of hydrogen-bond donors (Lipinski definition) is 14. The van der Waals surface area contributed by atoms with E-state index < -0.39 is 57.2 Å². The van der Waals surface area contributed by atoms with Gasteiger partial charge in [-0.25, -0.2) is 15.8 Å². The number of nitrogens with zero attached hydrogens (tertiary/aromatic N) is 8. The van der Waals surface area contributed by atoms with Crippen LogP contribution >= 0.6 is 36.1 Å². The van der Waals surface area contributed by atoms with Crippen molar-refractivity contribution in [2.24, 2.45) is 0 Å². The molecule has 34 nitrogen and oxygen atoms in total. The van der Waals surface area contributed by atoms with Crippen molar-refractivity contribution in [1.29, 1.82) is 0 Å². The first-order valence-electron chi connectivity index (χ1n) is 22.7. The predicted octanol–water partition coefficient (Wildman–Crippen LogP) is 6.10. The summed E-state index contributed by atoms with van der Waals surface area (Å²) >= 11 is 1.39. The summed E-state index contributed by atoms with van der Waals surface area (Å²) in [6.07, 6.45) is 3.31. The Hall–Kier alpha value is -6.82. The molecule has 0 saturated carbocycles. The lowest BCUT2D eigenvalue weighted by molar-refractivity contribution is -0.432. The van der Waals surface area contributed by atoms with E-state index in [0.717, 1.165) is 38.5 Å².